The van der Waals surface area contributed by atoms with Crippen LogP contribution in [0.15, 0.2) is 30.6 Å². The van der Waals surface area contributed by atoms with Gasteiger partial charge in [0.2, 0.25) is 0 Å². The summed E-state index contributed by atoms with van der Waals surface area (Å²) in [5.74, 6) is 0. The Kier molecular flexibility index (Phi) is 3.59. The van der Waals surface area contributed by atoms with Gasteiger partial charge in [-0.3, -0.25) is 4.90 Å². The second-order valence-corrected chi connectivity index (χ2v) is 6.35. The molecule has 1 aromatic carbocycles. The SMILES string of the molecule is Cc1ccc([C@@](C)(O)CN2CCc3c(ncn3C)C2)cc1. The molecule has 0 spiro atoms. The van der Waals surface area contributed by atoms with E-state index in [1.807, 2.05) is 32.4 Å². The molecule has 112 valence electrons. The Morgan fingerprint density at radius 3 is 2.71 bits per heavy atom. The Labute approximate surface area is 126 Å². The van der Waals surface area contributed by atoms with E-state index in [0.29, 0.717) is 6.54 Å². The zero-order valence-corrected chi connectivity index (χ0v) is 13.0. The molecule has 0 saturated carbocycles. The number of benzene rings is 1. The average molecular weight is 285 g/mol. The molecule has 0 aliphatic carbocycles. The number of aromatic nitrogens is 2. The smallest absolute Gasteiger partial charge is 0.0994 e. The van der Waals surface area contributed by atoms with Crippen LogP contribution >= 0.6 is 0 Å². The van der Waals surface area contributed by atoms with Crippen LogP contribution in [0.25, 0.3) is 0 Å². The summed E-state index contributed by atoms with van der Waals surface area (Å²) in [4.78, 5) is 6.75. The highest BCUT2D eigenvalue weighted by Gasteiger charge is 2.29. The van der Waals surface area contributed by atoms with Gasteiger partial charge in [-0.15, -0.1) is 0 Å². The summed E-state index contributed by atoms with van der Waals surface area (Å²) >= 11 is 0. The van der Waals surface area contributed by atoms with Crippen molar-refractivity contribution in [3.05, 3.63) is 53.1 Å². The first-order valence-electron chi connectivity index (χ1n) is 7.47. The number of nitrogens with zero attached hydrogens (tertiary/aromatic N) is 3. The van der Waals surface area contributed by atoms with Crippen molar-refractivity contribution in [2.45, 2.75) is 32.4 Å². The van der Waals surface area contributed by atoms with Crippen molar-refractivity contribution in [1.29, 1.82) is 0 Å². The molecule has 0 bridgehead atoms. The molecule has 0 amide bonds. The Bertz CT molecular complexity index is 628. The van der Waals surface area contributed by atoms with Crippen molar-refractivity contribution >= 4 is 0 Å². The first kappa shape index (κ1) is 14.3. The minimum absolute atomic E-state index is 0.631. The molecule has 4 heteroatoms. The van der Waals surface area contributed by atoms with Crippen LogP contribution in [0.1, 0.15) is 29.4 Å². The van der Waals surface area contributed by atoms with Gasteiger partial charge in [-0.05, 0) is 19.4 Å². The molecule has 0 fully saturated rings. The minimum Gasteiger partial charge on any atom is -0.384 e. The summed E-state index contributed by atoms with van der Waals surface area (Å²) in [6, 6.07) is 8.14. The summed E-state index contributed by atoms with van der Waals surface area (Å²) < 4.78 is 2.10. The van der Waals surface area contributed by atoms with Gasteiger partial charge in [-0.25, -0.2) is 4.98 Å². The molecule has 2 aromatic rings. The monoisotopic (exact) mass is 285 g/mol. The number of aryl methyl sites for hydroxylation is 2. The van der Waals surface area contributed by atoms with E-state index < -0.39 is 5.60 Å². The predicted molar refractivity (Wildman–Crippen MR) is 82.9 cm³/mol. The zero-order valence-electron chi connectivity index (χ0n) is 13.0. The Balaban J connectivity index is 1.73. The highest BCUT2D eigenvalue weighted by atomic mass is 16.3. The summed E-state index contributed by atoms with van der Waals surface area (Å²) in [5, 5.41) is 10.8. The van der Waals surface area contributed by atoms with Crippen LogP contribution in [-0.4, -0.2) is 32.6 Å². The number of hydrogen-bond donors (Lipinski definition) is 1. The van der Waals surface area contributed by atoms with Gasteiger partial charge in [0.05, 0.1) is 17.6 Å². The first-order valence-corrected chi connectivity index (χ1v) is 7.47. The average Bonchev–Trinajstić information content (AvgIpc) is 2.80. The van der Waals surface area contributed by atoms with Gasteiger partial charge in [0.1, 0.15) is 0 Å². The molecule has 0 unspecified atom stereocenters. The lowest BCUT2D eigenvalue weighted by Gasteiger charge is -2.34. The molecule has 1 atom stereocenters. The first-order chi connectivity index (χ1) is 9.95. The standard InChI is InChI=1S/C17H23N3O/c1-13-4-6-14(7-5-13)17(2,21)11-20-9-8-16-15(10-20)18-12-19(16)3/h4-7,12,21H,8-11H2,1-3H3/t17-/m0/s1. The summed E-state index contributed by atoms with van der Waals surface area (Å²) in [6.07, 6.45) is 2.88. The van der Waals surface area contributed by atoms with E-state index in [-0.39, 0.29) is 0 Å². The Morgan fingerprint density at radius 1 is 1.29 bits per heavy atom. The number of rotatable bonds is 3. The van der Waals surface area contributed by atoms with Crippen LogP contribution in [0, 0.1) is 6.92 Å². The van der Waals surface area contributed by atoms with Crippen LogP contribution in [0.3, 0.4) is 0 Å². The number of hydrogen-bond acceptors (Lipinski definition) is 3. The van der Waals surface area contributed by atoms with Crippen molar-refractivity contribution in [2.75, 3.05) is 13.1 Å². The predicted octanol–water partition coefficient (Wildman–Crippen LogP) is 1.99. The van der Waals surface area contributed by atoms with Crippen LogP contribution in [0.5, 0.6) is 0 Å². The van der Waals surface area contributed by atoms with Crippen molar-refractivity contribution in [3.8, 4) is 0 Å². The molecule has 1 aromatic heterocycles. The molecule has 1 N–H and O–H groups in total. The summed E-state index contributed by atoms with van der Waals surface area (Å²) in [6.45, 7) is 6.37. The van der Waals surface area contributed by atoms with Crippen molar-refractivity contribution in [1.82, 2.24) is 14.5 Å². The van der Waals surface area contributed by atoms with Gasteiger partial charge in [-0.1, -0.05) is 29.8 Å². The molecule has 2 heterocycles. The Morgan fingerprint density at radius 2 is 2.00 bits per heavy atom. The lowest BCUT2D eigenvalue weighted by atomic mass is 9.94. The fraction of sp³-hybridized carbons (Fsp3) is 0.471. The minimum atomic E-state index is -0.833. The number of fused-ring (bicyclic) bond motifs is 1. The third-order valence-corrected chi connectivity index (χ3v) is 4.39. The van der Waals surface area contributed by atoms with Crippen LogP contribution in [0.4, 0.5) is 0 Å². The lowest BCUT2D eigenvalue weighted by Crippen LogP contribution is -2.41. The maximum Gasteiger partial charge on any atom is 0.0994 e. The van der Waals surface area contributed by atoms with E-state index in [9.17, 15) is 5.11 Å². The zero-order chi connectivity index (χ0) is 15.0. The summed E-state index contributed by atoms with van der Waals surface area (Å²) in [7, 11) is 2.05. The lowest BCUT2D eigenvalue weighted by molar-refractivity contribution is 0.0112. The summed E-state index contributed by atoms with van der Waals surface area (Å²) in [5.41, 5.74) is 3.82. The third-order valence-electron chi connectivity index (χ3n) is 4.39. The molecule has 0 radical (unpaired) electrons. The van der Waals surface area contributed by atoms with Crippen LogP contribution in [0.2, 0.25) is 0 Å². The van der Waals surface area contributed by atoms with E-state index in [1.54, 1.807) is 0 Å². The molecular weight excluding hydrogens is 262 g/mol. The fourth-order valence-electron chi connectivity index (χ4n) is 3.09. The van der Waals surface area contributed by atoms with E-state index in [1.165, 1.54) is 11.3 Å². The van der Waals surface area contributed by atoms with Gasteiger partial charge in [0.25, 0.3) is 0 Å². The van der Waals surface area contributed by atoms with E-state index in [2.05, 4.69) is 33.5 Å². The molecule has 1 aliphatic heterocycles. The van der Waals surface area contributed by atoms with Crippen LogP contribution < -0.4 is 0 Å². The van der Waals surface area contributed by atoms with E-state index in [4.69, 9.17) is 0 Å². The maximum absolute atomic E-state index is 10.8. The number of imidazole rings is 1. The maximum atomic E-state index is 10.8. The van der Waals surface area contributed by atoms with Gasteiger partial charge in [0, 0.05) is 38.8 Å². The molecule has 21 heavy (non-hydrogen) atoms. The highest BCUT2D eigenvalue weighted by Crippen LogP contribution is 2.25. The molecular formula is C17H23N3O. The van der Waals surface area contributed by atoms with E-state index in [0.717, 1.165) is 30.8 Å². The topological polar surface area (TPSA) is 41.3 Å². The third kappa shape index (κ3) is 2.87. The molecule has 3 rings (SSSR count). The highest BCUT2D eigenvalue weighted by molar-refractivity contribution is 5.26. The molecule has 4 nitrogen and oxygen atoms in total. The second kappa shape index (κ2) is 5.28. The van der Waals surface area contributed by atoms with Crippen molar-refractivity contribution in [2.24, 2.45) is 7.05 Å². The molecule has 1 aliphatic rings. The normalized spacial score (nSPS) is 18.3. The quantitative estimate of drug-likeness (QED) is 0.938. The van der Waals surface area contributed by atoms with Gasteiger partial charge in [0.15, 0.2) is 0 Å². The number of aliphatic hydroxyl groups is 1. The van der Waals surface area contributed by atoms with Gasteiger partial charge in [-0.2, -0.15) is 0 Å². The van der Waals surface area contributed by atoms with Gasteiger partial charge < -0.3 is 9.67 Å². The molecule has 0 saturated heterocycles. The second-order valence-electron chi connectivity index (χ2n) is 6.35. The van der Waals surface area contributed by atoms with Crippen molar-refractivity contribution in [3.63, 3.8) is 0 Å². The number of β-amino-alcohol motifs (C(OH)–C–C–N with tert-alkyl or cyclic N) is 1. The van der Waals surface area contributed by atoms with E-state index >= 15 is 0 Å². The van der Waals surface area contributed by atoms with Crippen molar-refractivity contribution < 1.29 is 5.11 Å². The largest absolute Gasteiger partial charge is 0.384 e. The van der Waals surface area contributed by atoms with Gasteiger partial charge >= 0.3 is 0 Å². The Hall–Kier alpha value is -1.65. The fourth-order valence-corrected chi connectivity index (χ4v) is 3.09. The van der Waals surface area contributed by atoms with Crippen LogP contribution in [-0.2, 0) is 25.6 Å².